The lowest BCUT2D eigenvalue weighted by molar-refractivity contribution is -0.120. The van der Waals surface area contributed by atoms with E-state index in [2.05, 4.69) is 10.6 Å². The van der Waals surface area contributed by atoms with E-state index in [-0.39, 0.29) is 11.8 Å². The highest BCUT2D eigenvalue weighted by Crippen LogP contribution is 2.20. The van der Waals surface area contributed by atoms with Gasteiger partial charge < -0.3 is 10.6 Å². The molecule has 0 aliphatic rings. The van der Waals surface area contributed by atoms with Gasteiger partial charge in [0.15, 0.2) is 0 Å². The van der Waals surface area contributed by atoms with Gasteiger partial charge in [-0.2, -0.15) is 0 Å². The molecule has 0 spiro atoms. The quantitative estimate of drug-likeness (QED) is 0.781. The van der Waals surface area contributed by atoms with E-state index in [1.54, 1.807) is 12.1 Å². The molecule has 1 aromatic heterocycles. The minimum atomic E-state index is -0.319. The van der Waals surface area contributed by atoms with Crippen LogP contribution < -0.4 is 10.6 Å². The van der Waals surface area contributed by atoms with E-state index in [1.165, 1.54) is 17.4 Å². The van der Waals surface area contributed by atoms with Crippen molar-refractivity contribution in [3.05, 3.63) is 56.2 Å². The summed E-state index contributed by atoms with van der Waals surface area (Å²) in [4.78, 5) is 24.6. The monoisotopic (exact) mass is 356 g/mol. The van der Waals surface area contributed by atoms with Gasteiger partial charge in [-0.05, 0) is 29.6 Å². The molecule has 22 heavy (non-hydrogen) atoms. The number of thiophene rings is 1. The second-order valence-corrected chi connectivity index (χ2v) is 6.36. The standard InChI is InChI=1S/C15H14Cl2N2O2S/c16-10-3-4-13(17)12(8-10)15(21)19-6-5-18-14(20)9-11-2-1-7-22-11/h1-4,7-8H,5-6,9H2,(H,18,20)(H,19,21). The van der Waals surface area contributed by atoms with Crippen LogP contribution in [0.3, 0.4) is 0 Å². The van der Waals surface area contributed by atoms with Crippen LogP contribution >= 0.6 is 34.5 Å². The van der Waals surface area contributed by atoms with Crippen molar-refractivity contribution in [2.24, 2.45) is 0 Å². The minimum Gasteiger partial charge on any atom is -0.354 e. The first-order chi connectivity index (χ1) is 10.6. The van der Waals surface area contributed by atoms with Gasteiger partial charge in [-0.3, -0.25) is 9.59 Å². The molecule has 0 unspecified atom stereocenters. The SMILES string of the molecule is O=C(Cc1cccs1)NCCNC(=O)c1cc(Cl)ccc1Cl. The van der Waals surface area contributed by atoms with Gasteiger partial charge in [0, 0.05) is 23.0 Å². The molecule has 0 fully saturated rings. The van der Waals surface area contributed by atoms with Crippen LogP contribution in [0.4, 0.5) is 0 Å². The molecular weight excluding hydrogens is 343 g/mol. The van der Waals surface area contributed by atoms with Crippen LogP contribution in [0.15, 0.2) is 35.7 Å². The normalized spacial score (nSPS) is 10.3. The smallest absolute Gasteiger partial charge is 0.252 e. The van der Waals surface area contributed by atoms with Crippen molar-refractivity contribution in [2.45, 2.75) is 6.42 Å². The first-order valence-corrected chi connectivity index (χ1v) is 8.22. The molecule has 0 atom stereocenters. The van der Waals surface area contributed by atoms with Gasteiger partial charge in [-0.1, -0.05) is 29.3 Å². The number of nitrogens with one attached hydrogen (secondary N) is 2. The fourth-order valence-electron chi connectivity index (χ4n) is 1.78. The van der Waals surface area contributed by atoms with Gasteiger partial charge in [0.05, 0.1) is 17.0 Å². The molecule has 1 heterocycles. The van der Waals surface area contributed by atoms with E-state index in [4.69, 9.17) is 23.2 Å². The van der Waals surface area contributed by atoms with Crippen molar-refractivity contribution in [3.8, 4) is 0 Å². The maximum atomic E-state index is 12.0. The fourth-order valence-corrected chi connectivity index (χ4v) is 2.86. The number of rotatable bonds is 6. The topological polar surface area (TPSA) is 58.2 Å². The summed E-state index contributed by atoms with van der Waals surface area (Å²) in [6.07, 6.45) is 0.353. The van der Waals surface area contributed by atoms with Gasteiger partial charge in [0.25, 0.3) is 5.91 Å². The molecule has 0 aliphatic heterocycles. The van der Waals surface area contributed by atoms with Crippen LogP contribution in [0.2, 0.25) is 10.0 Å². The van der Waals surface area contributed by atoms with E-state index in [0.29, 0.717) is 35.1 Å². The Hall–Kier alpha value is -1.56. The summed E-state index contributed by atoms with van der Waals surface area (Å²) < 4.78 is 0. The molecule has 0 bridgehead atoms. The first-order valence-electron chi connectivity index (χ1n) is 6.58. The van der Waals surface area contributed by atoms with Crippen LogP contribution in [-0.2, 0) is 11.2 Å². The maximum absolute atomic E-state index is 12.0. The van der Waals surface area contributed by atoms with Crippen molar-refractivity contribution >= 4 is 46.4 Å². The Kier molecular flexibility index (Phi) is 6.24. The lowest BCUT2D eigenvalue weighted by Gasteiger charge is -2.08. The van der Waals surface area contributed by atoms with Crippen LogP contribution in [0.1, 0.15) is 15.2 Å². The van der Waals surface area contributed by atoms with Crippen LogP contribution in [-0.4, -0.2) is 24.9 Å². The van der Waals surface area contributed by atoms with Gasteiger partial charge in [0.1, 0.15) is 0 Å². The van der Waals surface area contributed by atoms with Gasteiger partial charge >= 0.3 is 0 Å². The van der Waals surface area contributed by atoms with E-state index in [0.717, 1.165) is 4.88 Å². The number of hydrogen-bond acceptors (Lipinski definition) is 3. The van der Waals surface area contributed by atoms with Gasteiger partial charge in [-0.25, -0.2) is 0 Å². The molecule has 2 aromatic rings. The lowest BCUT2D eigenvalue weighted by Crippen LogP contribution is -2.35. The first kappa shape index (κ1) is 16.8. The Morgan fingerprint density at radius 1 is 1.09 bits per heavy atom. The van der Waals surface area contributed by atoms with Crippen molar-refractivity contribution in [2.75, 3.05) is 13.1 Å². The van der Waals surface area contributed by atoms with Crippen molar-refractivity contribution in [1.82, 2.24) is 10.6 Å². The molecular formula is C15H14Cl2N2O2S. The average Bonchev–Trinajstić information content (AvgIpc) is 2.98. The number of benzene rings is 1. The zero-order chi connectivity index (χ0) is 15.9. The van der Waals surface area contributed by atoms with Crippen LogP contribution in [0.5, 0.6) is 0 Å². The molecule has 1 aromatic carbocycles. The van der Waals surface area contributed by atoms with E-state index < -0.39 is 0 Å². The second-order valence-electron chi connectivity index (χ2n) is 4.49. The Morgan fingerprint density at radius 3 is 2.59 bits per heavy atom. The third kappa shape index (κ3) is 5.02. The highest BCUT2D eigenvalue weighted by Gasteiger charge is 2.10. The molecule has 2 rings (SSSR count). The lowest BCUT2D eigenvalue weighted by atomic mass is 10.2. The predicted octanol–water partition coefficient (Wildman–Crippen LogP) is 3.14. The van der Waals surface area contributed by atoms with Crippen molar-refractivity contribution < 1.29 is 9.59 Å². The Bertz CT molecular complexity index is 660. The average molecular weight is 357 g/mol. The van der Waals surface area contributed by atoms with Crippen LogP contribution in [0, 0.1) is 0 Å². The Morgan fingerprint density at radius 2 is 1.86 bits per heavy atom. The third-order valence-corrected chi connectivity index (χ3v) is 4.26. The van der Waals surface area contributed by atoms with E-state index in [9.17, 15) is 9.59 Å². The Balaban J connectivity index is 1.73. The molecule has 0 saturated heterocycles. The number of halogens is 2. The fraction of sp³-hybridized carbons (Fsp3) is 0.200. The van der Waals surface area contributed by atoms with Gasteiger partial charge in [-0.15, -0.1) is 11.3 Å². The summed E-state index contributed by atoms with van der Waals surface area (Å²) in [5, 5.41) is 8.14. The zero-order valence-electron chi connectivity index (χ0n) is 11.6. The molecule has 7 heteroatoms. The number of carbonyl (C=O) groups excluding carboxylic acids is 2. The number of carbonyl (C=O) groups is 2. The maximum Gasteiger partial charge on any atom is 0.252 e. The highest BCUT2D eigenvalue weighted by atomic mass is 35.5. The summed E-state index contributed by atoms with van der Waals surface area (Å²) in [5.74, 6) is -0.391. The summed E-state index contributed by atoms with van der Waals surface area (Å²) in [7, 11) is 0. The molecule has 2 amide bonds. The predicted molar refractivity (Wildman–Crippen MR) is 89.8 cm³/mol. The molecule has 0 saturated carbocycles. The van der Waals surface area contributed by atoms with Crippen molar-refractivity contribution in [1.29, 1.82) is 0 Å². The molecule has 116 valence electrons. The largest absolute Gasteiger partial charge is 0.354 e. The van der Waals surface area contributed by atoms with Crippen molar-refractivity contribution in [3.63, 3.8) is 0 Å². The van der Waals surface area contributed by atoms with E-state index >= 15 is 0 Å². The van der Waals surface area contributed by atoms with E-state index in [1.807, 2.05) is 17.5 Å². The Labute approximate surface area is 142 Å². The summed E-state index contributed by atoms with van der Waals surface area (Å²) in [6.45, 7) is 0.673. The third-order valence-electron chi connectivity index (χ3n) is 2.82. The molecule has 2 N–H and O–H groups in total. The van der Waals surface area contributed by atoms with Gasteiger partial charge in [0.2, 0.25) is 5.91 Å². The molecule has 0 radical (unpaired) electrons. The molecule has 0 aliphatic carbocycles. The second kappa shape index (κ2) is 8.17. The zero-order valence-corrected chi connectivity index (χ0v) is 13.9. The summed E-state index contributed by atoms with van der Waals surface area (Å²) in [6, 6.07) is 8.51. The highest BCUT2D eigenvalue weighted by molar-refractivity contribution is 7.10. The number of hydrogen-bond donors (Lipinski definition) is 2. The summed E-state index contributed by atoms with van der Waals surface area (Å²) >= 11 is 13.3. The van der Waals surface area contributed by atoms with Crippen LogP contribution in [0.25, 0.3) is 0 Å². The number of amides is 2. The summed E-state index contributed by atoms with van der Waals surface area (Å²) in [5.41, 5.74) is 0.319. The molecule has 4 nitrogen and oxygen atoms in total. The minimum absolute atomic E-state index is 0.0718.